The van der Waals surface area contributed by atoms with Crippen molar-refractivity contribution in [3.63, 3.8) is 0 Å². The van der Waals surface area contributed by atoms with Crippen LogP contribution >= 0.6 is 0 Å². The van der Waals surface area contributed by atoms with Crippen molar-refractivity contribution in [1.82, 2.24) is 5.32 Å². The van der Waals surface area contributed by atoms with Crippen LogP contribution in [-0.4, -0.2) is 38.5 Å². The zero-order chi connectivity index (χ0) is 11.0. The minimum absolute atomic E-state index is 0.0874. The van der Waals surface area contributed by atoms with Crippen LogP contribution < -0.4 is 5.32 Å². The van der Waals surface area contributed by atoms with E-state index in [4.69, 9.17) is 9.47 Å². The van der Waals surface area contributed by atoms with Crippen molar-refractivity contribution >= 4 is 0 Å². The summed E-state index contributed by atoms with van der Waals surface area (Å²) >= 11 is 0. The van der Waals surface area contributed by atoms with Gasteiger partial charge in [0.05, 0.1) is 12.2 Å². The molecular weight excluding hydrogens is 178 g/mol. The minimum Gasteiger partial charge on any atom is -0.383 e. The number of hydrogen-bond acceptors (Lipinski definition) is 3. The van der Waals surface area contributed by atoms with Crippen LogP contribution in [0.15, 0.2) is 0 Å². The van der Waals surface area contributed by atoms with Crippen LogP contribution in [0.3, 0.4) is 0 Å². The summed E-state index contributed by atoms with van der Waals surface area (Å²) in [7, 11) is 1.73. The molecule has 0 aromatic carbocycles. The summed E-state index contributed by atoms with van der Waals surface area (Å²) in [6.45, 7) is 10.8. The minimum atomic E-state index is -0.0874. The second-order valence-corrected chi connectivity index (χ2v) is 4.13. The maximum Gasteiger partial charge on any atom is 0.0750 e. The second-order valence-electron chi connectivity index (χ2n) is 4.13. The number of hydrogen-bond donors (Lipinski definition) is 1. The predicted octanol–water partition coefficient (Wildman–Crippen LogP) is 1.82. The molecule has 14 heavy (non-hydrogen) atoms. The monoisotopic (exact) mass is 203 g/mol. The van der Waals surface area contributed by atoms with E-state index in [2.05, 4.69) is 26.1 Å². The van der Waals surface area contributed by atoms with Gasteiger partial charge in [0.2, 0.25) is 0 Å². The Kier molecular flexibility index (Phi) is 7.15. The summed E-state index contributed by atoms with van der Waals surface area (Å²) in [6.07, 6.45) is 1.08. The van der Waals surface area contributed by atoms with Crippen molar-refractivity contribution in [3.8, 4) is 0 Å². The third kappa shape index (κ3) is 6.35. The molecule has 1 N–H and O–H groups in total. The Morgan fingerprint density at radius 3 is 2.36 bits per heavy atom. The van der Waals surface area contributed by atoms with Gasteiger partial charge in [0, 0.05) is 26.3 Å². The van der Waals surface area contributed by atoms with Crippen LogP contribution in [0.5, 0.6) is 0 Å². The Labute approximate surface area is 88.2 Å². The summed E-state index contributed by atoms with van der Waals surface area (Å²) in [4.78, 5) is 0. The Bertz CT molecular complexity index is 137. The molecule has 3 nitrogen and oxygen atoms in total. The number of methoxy groups -OCH3 is 1. The molecule has 0 aromatic heterocycles. The predicted molar refractivity (Wildman–Crippen MR) is 59.7 cm³/mol. The third-order valence-corrected chi connectivity index (χ3v) is 2.21. The van der Waals surface area contributed by atoms with Gasteiger partial charge in [-0.25, -0.2) is 0 Å². The summed E-state index contributed by atoms with van der Waals surface area (Å²) in [5, 5.41) is 3.45. The molecular formula is C11H25NO2. The van der Waals surface area contributed by atoms with Crippen LogP contribution in [0.2, 0.25) is 0 Å². The Hall–Kier alpha value is -0.120. The Morgan fingerprint density at radius 2 is 1.93 bits per heavy atom. The highest BCUT2D eigenvalue weighted by Crippen LogP contribution is 2.07. The molecule has 0 saturated carbocycles. The Morgan fingerprint density at radius 1 is 1.29 bits per heavy atom. The fourth-order valence-corrected chi connectivity index (χ4v) is 1.35. The van der Waals surface area contributed by atoms with Gasteiger partial charge < -0.3 is 14.8 Å². The molecule has 0 aliphatic heterocycles. The van der Waals surface area contributed by atoms with Gasteiger partial charge in [0.25, 0.3) is 0 Å². The molecule has 0 heterocycles. The van der Waals surface area contributed by atoms with Crippen LogP contribution in [-0.2, 0) is 9.47 Å². The van der Waals surface area contributed by atoms with Gasteiger partial charge in [-0.2, -0.15) is 0 Å². The fraction of sp³-hybridized carbons (Fsp3) is 1.00. The van der Waals surface area contributed by atoms with Crippen LogP contribution in [0.1, 0.15) is 34.1 Å². The average molecular weight is 203 g/mol. The maximum absolute atomic E-state index is 5.60. The fourth-order valence-electron chi connectivity index (χ4n) is 1.35. The zero-order valence-corrected chi connectivity index (χ0v) is 10.2. The van der Waals surface area contributed by atoms with Crippen molar-refractivity contribution in [2.24, 2.45) is 0 Å². The maximum atomic E-state index is 5.60. The molecule has 86 valence electrons. The molecule has 0 aliphatic rings. The number of rotatable bonds is 8. The molecule has 1 unspecified atom stereocenters. The van der Waals surface area contributed by atoms with E-state index in [-0.39, 0.29) is 5.60 Å². The van der Waals surface area contributed by atoms with Crippen molar-refractivity contribution in [2.75, 3.05) is 26.9 Å². The molecule has 0 bridgehead atoms. The van der Waals surface area contributed by atoms with Crippen molar-refractivity contribution in [2.45, 2.75) is 45.8 Å². The highest BCUT2D eigenvalue weighted by atomic mass is 16.5. The van der Waals surface area contributed by atoms with E-state index < -0.39 is 0 Å². The van der Waals surface area contributed by atoms with E-state index in [1.54, 1.807) is 7.11 Å². The molecule has 0 aromatic rings. The van der Waals surface area contributed by atoms with Gasteiger partial charge in [-0.1, -0.05) is 6.92 Å². The van der Waals surface area contributed by atoms with E-state index in [0.29, 0.717) is 6.04 Å². The van der Waals surface area contributed by atoms with Gasteiger partial charge in [0.1, 0.15) is 0 Å². The van der Waals surface area contributed by atoms with Crippen LogP contribution in [0, 0.1) is 0 Å². The number of nitrogens with one attached hydrogen (secondary N) is 1. The molecule has 0 spiro atoms. The largest absolute Gasteiger partial charge is 0.383 e. The first-order valence-corrected chi connectivity index (χ1v) is 5.42. The highest BCUT2D eigenvalue weighted by Gasteiger charge is 2.18. The van der Waals surface area contributed by atoms with Crippen molar-refractivity contribution in [1.29, 1.82) is 0 Å². The van der Waals surface area contributed by atoms with E-state index in [0.717, 1.165) is 26.2 Å². The topological polar surface area (TPSA) is 30.5 Å². The molecule has 0 rings (SSSR count). The third-order valence-electron chi connectivity index (χ3n) is 2.21. The standard InChI is InChI=1S/C11H25NO2/c1-6-10(8-13-5)12-9-11(3,4)14-7-2/h10,12H,6-9H2,1-5H3. The molecule has 0 amide bonds. The van der Waals surface area contributed by atoms with E-state index in [9.17, 15) is 0 Å². The lowest BCUT2D eigenvalue weighted by Crippen LogP contribution is -2.43. The lowest BCUT2D eigenvalue weighted by Gasteiger charge is -2.27. The quantitative estimate of drug-likeness (QED) is 0.652. The lowest BCUT2D eigenvalue weighted by atomic mass is 10.1. The normalized spacial score (nSPS) is 14.4. The first-order chi connectivity index (χ1) is 6.55. The average Bonchev–Trinajstić information content (AvgIpc) is 2.12. The van der Waals surface area contributed by atoms with E-state index in [1.807, 2.05) is 6.92 Å². The first-order valence-electron chi connectivity index (χ1n) is 5.42. The summed E-state index contributed by atoms with van der Waals surface area (Å²) in [5.41, 5.74) is -0.0874. The second kappa shape index (κ2) is 7.21. The van der Waals surface area contributed by atoms with Gasteiger partial charge in [0.15, 0.2) is 0 Å². The summed E-state index contributed by atoms with van der Waals surface area (Å²) in [6, 6.07) is 0.430. The smallest absolute Gasteiger partial charge is 0.0750 e. The molecule has 0 fully saturated rings. The molecule has 1 atom stereocenters. The Balaban J connectivity index is 3.76. The molecule has 0 aliphatic carbocycles. The summed E-state index contributed by atoms with van der Waals surface area (Å²) < 4.78 is 10.7. The van der Waals surface area contributed by atoms with Crippen LogP contribution in [0.25, 0.3) is 0 Å². The van der Waals surface area contributed by atoms with Gasteiger partial charge >= 0.3 is 0 Å². The SMILES string of the molecule is CCOC(C)(C)CNC(CC)COC. The van der Waals surface area contributed by atoms with E-state index in [1.165, 1.54) is 0 Å². The van der Waals surface area contributed by atoms with Crippen LogP contribution in [0.4, 0.5) is 0 Å². The first kappa shape index (κ1) is 13.9. The summed E-state index contributed by atoms with van der Waals surface area (Å²) in [5.74, 6) is 0. The zero-order valence-electron chi connectivity index (χ0n) is 10.2. The lowest BCUT2D eigenvalue weighted by molar-refractivity contribution is -0.0124. The van der Waals surface area contributed by atoms with Crippen molar-refractivity contribution in [3.05, 3.63) is 0 Å². The molecule has 0 saturated heterocycles. The molecule has 3 heteroatoms. The molecule has 0 radical (unpaired) electrons. The van der Waals surface area contributed by atoms with E-state index >= 15 is 0 Å². The highest BCUT2D eigenvalue weighted by molar-refractivity contribution is 4.75. The van der Waals surface area contributed by atoms with Gasteiger partial charge in [-0.15, -0.1) is 0 Å². The van der Waals surface area contributed by atoms with Crippen molar-refractivity contribution < 1.29 is 9.47 Å². The van der Waals surface area contributed by atoms with Gasteiger partial charge in [-0.05, 0) is 27.2 Å². The number of ether oxygens (including phenoxy) is 2. The van der Waals surface area contributed by atoms with Gasteiger partial charge in [-0.3, -0.25) is 0 Å².